The van der Waals surface area contributed by atoms with Crippen molar-refractivity contribution in [2.45, 2.75) is 72.5 Å². The largest absolute Gasteiger partial charge is 0.352 e. The first-order chi connectivity index (χ1) is 16.8. The molecule has 0 saturated heterocycles. The van der Waals surface area contributed by atoms with Gasteiger partial charge in [-0.2, -0.15) is 0 Å². The second kappa shape index (κ2) is 12.9. The molecular weight excluding hydrogens is 481 g/mol. The Morgan fingerprint density at radius 3 is 2.14 bits per heavy atom. The minimum absolute atomic E-state index is 0.0381. The average molecular weight is 520 g/mol. The summed E-state index contributed by atoms with van der Waals surface area (Å²) in [7, 11) is -3.56. The van der Waals surface area contributed by atoms with Crippen molar-refractivity contribution in [3.8, 4) is 0 Å². The number of hydrogen-bond acceptors (Lipinski definition) is 4. The lowest BCUT2D eigenvalue weighted by molar-refractivity contribution is -0.140. The molecule has 2 amide bonds. The SMILES string of the molecule is CC[C@@H](C)NC(=O)[C@H](C)N(Cc1ccc(F)cc1)C(=O)CCCN(c1cc(C)cc(C)c1)S(C)(=O)=O. The molecule has 0 unspecified atom stereocenters. The van der Waals surface area contributed by atoms with Gasteiger partial charge in [0.1, 0.15) is 11.9 Å². The van der Waals surface area contributed by atoms with Crippen molar-refractivity contribution in [2.75, 3.05) is 17.1 Å². The third-order valence-corrected chi connectivity index (χ3v) is 7.28. The van der Waals surface area contributed by atoms with Crippen molar-refractivity contribution >= 4 is 27.5 Å². The van der Waals surface area contributed by atoms with Crippen LogP contribution in [0.4, 0.5) is 10.1 Å². The Balaban J connectivity index is 2.19. The Labute approximate surface area is 214 Å². The van der Waals surface area contributed by atoms with Crippen molar-refractivity contribution in [3.63, 3.8) is 0 Å². The third kappa shape index (κ3) is 8.62. The van der Waals surface area contributed by atoms with Gasteiger partial charge >= 0.3 is 0 Å². The van der Waals surface area contributed by atoms with Gasteiger partial charge in [0.2, 0.25) is 21.8 Å². The van der Waals surface area contributed by atoms with Crippen LogP contribution >= 0.6 is 0 Å². The predicted octanol–water partition coefficient (Wildman–Crippen LogP) is 4.32. The van der Waals surface area contributed by atoms with E-state index in [-0.39, 0.29) is 49.6 Å². The van der Waals surface area contributed by atoms with Gasteiger partial charge in [-0.05, 0) is 81.5 Å². The van der Waals surface area contributed by atoms with E-state index in [0.717, 1.165) is 23.8 Å². The molecule has 0 spiro atoms. The number of halogens is 1. The number of carbonyl (C=O) groups is 2. The van der Waals surface area contributed by atoms with Crippen LogP contribution in [0.5, 0.6) is 0 Å². The summed E-state index contributed by atoms with van der Waals surface area (Å²) in [5.41, 5.74) is 3.15. The van der Waals surface area contributed by atoms with Crippen LogP contribution in [0, 0.1) is 19.7 Å². The molecule has 0 aliphatic heterocycles. The molecule has 2 rings (SSSR count). The van der Waals surface area contributed by atoms with Crippen LogP contribution < -0.4 is 9.62 Å². The Hall–Kier alpha value is -2.94. The standard InChI is InChI=1S/C27H38FN3O4S/c1-7-21(4)29-27(33)22(5)30(18-23-10-12-24(28)13-11-23)26(32)9-8-14-31(36(6,34)35)25-16-19(2)15-20(3)17-25/h10-13,15-17,21-22H,7-9,14,18H2,1-6H3,(H,29,33)/t21-,22+/m1/s1. The normalized spacial score (nSPS) is 13.1. The predicted molar refractivity (Wildman–Crippen MR) is 142 cm³/mol. The first-order valence-corrected chi connectivity index (χ1v) is 14.1. The zero-order valence-electron chi connectivity index (χ0n) is 22.0. The minimum atomic E-state index is -3.56. The number of nitrogens with zero attached hydrogens (tertiary/aromatic N) is 2. The number of anilines is 1. The molecule has 0 saturated carbocycles. The van der Waals surface area contributed by atoms with Crippen LogP contribution in [-0.4, -0.2) is 50.0 Å². The highest BCUT2D eigenvalue weighted by Gasteiger charge is 2.27. The third-order valence-electron chi connectivity index (χ3n) is 6.08. The molecule has 0 radical (unpaired) electrons. The molecule has 1 N–H and O–H groups in total. The zero-order chi connectivity index (χ0) is 27.0. The smallest absolute Gasteiger partial charge is 0.242 e. The van der Waals surface area contributed by atoms with Gasteiger partial charge in [-0.1, -0.05) is 25.1 Å². The number of sulfonamides is 1. The van der Waals surface area contributed by atoms with Gasteiger partial charge < -0.3 is 10.2 Å². The number of hydrogen-bond donors (Lipinski definition) is 1. The quantitative estimate of drug-likeness (QED) is 0.453. The van der Waals surface area contributed by atoms with Gasteiger partial charge in [0.25, 0.3) is 0 Å². The molecule has 0 heterocycles. The van der Waals surface area contributed by atoms with Crippen molar-refractivity contribution in [2.24, 2.45) is 0 Å². The molecule has 2 atom stereocenters. The highest BCUT2D eigenvalue weighted by atomic mass is 32.2. The van der Waals surface area contributed by atoms with Crippen LogP contribution in [0.3, 0.4) is 0 Å². The van der Waals surface area contributed by atoms with Crippen LogP contribution in [0.25, 0.3) is 0 Å². The molecule has 7 nitrogen and oxygen atoms in total. The number of rotatable bonds is 12. The fourth-order valence-electron chi connectivity index (χ4n) is 3.93. The lowest BCUT2D eigenvalue weighted by atomic mass is 10.1. The molecule has 9 heteroatoms. The topological polar surface area (TPSA) is 86.8 Å². The Kier molecular flexibility index (Phi) is 10.5. The van der Waals surface area contributed by atoms with Gasteiger partial charge in [0.15, 0.2) is 0 Å². The lowest BCUT2D eigenvalue weighted by Crippen LogP contribution is -2.49. The molecule has 0 aromatic heterocycles. The summed E-state index contributed by atoms with van der Waals surface area (Å²) >= 11 is 0. The fraction of sp³-hybridized carbons (Fsp3) is 0.481. The van der Waals surface area contributed by atoms with Gasteiger partial charge in [-0.3, -0.25) is 13.9 Å². The van der Waals surface area contributed by atoms with Crippen molar-refractivity contribution in [3.05, 3.63) is 65.0 Å². The molecular formula is C27H38FN3O4S. The molecule has 36 heavy (non-hydrogen) atoms. The number of amides is 2. The highest BCUT2D eigenvalue weighted by molar-refractivity contribution is 7.92. The molecule has 0 bridgehead atoms. The minimum Gasteiger partial charge on any atom is -0.352 e. The van der Waals surface area contributed by atoms with Crippen LogP contribution in [-0.2, 0) is 26.2 Å². The molecule has 0 aliphatic carbocycles. The summed E-state index contributed by atoms with van der Waals surface area (Å²) in [6.07, 6.45) is 2.23. The Morgan fingerprint density at radius 1 is 1.03 bits per heavy atom. The van der Waals surface area contributed by atoms with E-state index >= 15 is 0 Å². The van der Waals surface area contributed by atoms with Crippen LogP contribution in [0.1, 0.15) is 56.7 Å². The Bertz CT molecular complexity index is 1130. The summed E-state index contributed by atoms with van der Waals surface area (Å²) < 4.78 is 39.7. The van der Waals surface area contributed by atoms with E-state index in [4.69, 9.17) is 0 Å². The van der Waals surface area contributed by atoms with Crippen molar-refractivity contribution in [1.82, 2.24) is 10.2 Å². The Morgan fingerprint density at radius 2 is 1.61 bits per heavy atom. The highest BCUT2D eigenvalue weighted by Crippen LogP contribution is 2.22. The van der Waals surface area contributed by atoms with E-state index in [2.05, 4.69) is 5.32 Å². The maximum atomic E-state index is 13.4. The molecule has 2 aromatic carbocycles. The van der Waals surface area contributed by atoms with Gasteiger partial charge in [0.05, 0.1) is 11.9 Å². The summed E-state index contributed by atoms with van der Waals surface area (Å²) in [5, 5.41) is 2.91. The maximum Gasteiger partial charge on any atom is 0.242 e. The maximum absolute atomic E-state index is 13.4. The second-order valence-corrected chi connectivity index (χ2v) is 11.3. The first-order valence-electron chi connectivity index (χ1n) is 12.2. The van der Waals surface area contributed by atoms with E-state index in [9.17, 15) is 22.4 Å². The molecule has 198 valence electrons. The monoisotopic (exact) mass is 519 g/mol. The zero-order valence-corrected chi connectivity index (χ0v) is 22.9. The fourth-order valence-corrected chi connectivity index (χ4v) is 4.88. The van der Waals surface area contributed by atoms with E-state index in [1.54, 1.807) is 31.2 Å². The summed E-state index contributed by atoms with van der Waals surface area (Å²) in [4.78, 5) is 27.6. The van der Waals surface area contributed by atoms with E-state index in [1.807, 2.05) is 33.8 Å². The lowest BCUT2D eigenvalue weighted by Gasteiger charge is -2.30. The van der Waals surface area contributed by atoms with E-state index in [0.29, 0.717) is 11.3 Å². The second-order valence-electron chi connectivity index (χ2n) is 9.43. The summed E-state index contributed by atoms with van der Waals surface area (Å²) in [6.45, 7) is 9.59. The van der Waals surface area contributed by atoms with Crippen molar-refractivity contribution in [1.29, 1.82) is 0 Å². The first kappa shape index (κ1) is 29.3. The van der Waals surface area contributed by atoms with E-state index in [1.165, 1.54) is 21.3 Å². The average Bonchev–Trinajstić information content (AvgIpc) is 2.79. The van der Waals surface area contributed by atoms with Gasteiger partial charge in [-0.15, -0.1) is 0 Å². The number of benzene rings is 2. The van der Waals surface area contributed by atoms with Crippen molar-refractivity contribution < 1.29 is 22.4 Å². The van der Waals surface area contributed by atoms with E-state index < -0.39 is 16.1 Å². The number of carbonyl (C=O) groups excluding carboxylic acids is 2. The molecule has 0 aliphatic rings. The van der Waals surface area contributed by atoms with Gasteiger partial charge in [-0.25, -0.2) is 12.8 Å². The molecule has 2 aromatic rings. The summed E-state index contributed by atoms with van der Waals surface area (Å²) in [5.74, 6) is -0.931. The van der Waals surface area contributed by atoms with Gasteiger partial charge in [0, 0.05) is 25.6 Å². The van der Waals surface area contributed by atoms with Crippen LogP contribution in [0.15, 0.2) is 42.5 Å². The molecule has 0 fully saturated rings. The number of aryl methyl sites for hydroxylation is 2. The van der Waals surface area contributed by atoms with Crippen LogP contribution in [0.2, 0.25) is 0 Å². The summed E-state index contributed by atoms with van der Waals surface area (Å²) in [6, 6.07) is 10.6. The number of nitrogens with one attached hydrogen (secondary N) is 1.